The number of aliphatic carboxylic acids is 1. The molecule has 1 aliphatic carbocycles. The molecular weight excluding hydrogens is 296 g/mol. The zero-order chi connectivity index (χ0) is 14.3. The highest BCUT2D eigenvalue weighted by Crippen LogP contribution is 2.40. The molecule has 0 spiro atoms. The van der Waals surface area contributed by atoms with E-state index in [0.29, 0.717) is 0 Å². The Morgan fingerprint density at radius 1 is 1.45 bits per heavy atom. The van der Waals surface area contributed by atoms with Crippen LogP contribution in [0.15, 0.2) is 33.0 Å². The van der Waals surface area contributed by atoms with Gasteiger partial charge in [0.05, 0.1) is 5.71 Å². The van der Waals surface area contributed by atoms with Gasteiger partial charge in [-0.25, -0.2) is 9.79 Å². The lowest BCUT2D eigenvalue weighted by molar-refractivity contribution is -0.150. The van der Waals surface area contributed by atoms with Crippen LogP contribution < -0.4 is 5.32 Å². The van der Waals surface area contributed by atoms with Crippen LogP contribution in [0, 0.1) is 0 Å². The van der Waals surface area contributed by atoms with E-state index in [1.807, 2.05) is 24.5 Å². The maximum atomic E-state index is 11.1. The van der Waals surface area contributed by atoms with Crippen molar-refractivity contribution in [1.29, 1.82) is 0 Å². The van der Waals surface area contributed by atoms with Gasteiger partial charge in [0.1, 0.15) is 0 Å². The van der Waals surface area contributed by atoms with Crippen LogP contribution in [0.1, 0.15) is 11.1 Å². The minimum absolute atomic E-state index is 0.562. The molecule has 1 unspecified atom stereocenters. The summed E-state index contributed by atoms with van der Waals surface area (Å²) in [6, 6.07) is 6.13. The van der Waals surface area contributed by atoms with Crippen LogP contribution >= 0.6 is 23.5 Å². The molecule has 2 N–H and O–H groups in total. The van der Waals surface area contributed by atoms with Crippen molar-refractivity contribution < 1.29 is 14.7 Å². The quantitative estimate of drug-likeness (QED) is 0.643. The first-order valence-corrected chi connectivity index (χ1v) is 7.87. The molecule has 1 atom stereocenters. The highest BCUT2D eigenvalue weighted by molar-refractivity contribution is 8.05. The Balaban J connectivity index is 1.85. The standard InChI is InChI=1S/C13H10N2O3S2/c1-19-7-2-3-8-6(4-7)5-9-10(8)14-13(20-9)15-11(16)12(17)18/h2-5,13H,1H3,(H,15,16)(H,17,18). The van der Waals surface area contributed by atoms with Crippen LogP contribution in [-0.4, -0.2) is 34.4 Å². The number of hydrogen-bond donors (Lipinski definition) is 2. The van der Waals surface area contributed by atoms with E-state index in [2.05, 4.69) is 16.4 Å². The number of thioether (sulfide) groups is 2. The van der Waals surface area contributed by atoms with Crippen molar-refractivity contribution in [2.45, 2.75) is 10.4 Å². The molecule has 0 aromatic heterocycles. The molecule has 0 saturated carbocycles. The molecule has 1 heterocycles. The molecule has 0 radical (unpaired) electrons. The number of fused-ring (bicyclic) bond motifs is 3. The van der Waals surface area contributed by atoms with Gasteiger partial charge in [0.25, 0.3) is 0 Å². The number of benzene rings is 1. The van der Waals surface area contributed by atoms with Gasteiger partial charge >= 0.3 is 11.9 Å². The first-order valence-electron chi connectivity index (χ1n) is 5.77. The summed E-state index contributed by atoms with van der Waals surface area (Å²) in [5.74, 6) is -2.53. The van der Waals surface area contributed by atoms with Crippen LogP contribution in [0.3, 0.4) is 0 Å². The molecule has 3 rings (SSSR count). The van der Waals surface area contributed by atoms with Crippen molar-refractivity contribution in [3.63, 3.8) is 0 Å². The second-order valence-corrected chi connectivity index (χ2v) is 6.19. The van der Waals surface area contributed by atoms with Crippen molar-refractivity contribution in [2.75, 3.05) is 6.26 Å². The largest absolute Gasteiger partial charge is 0.474 e. The van der Waals surface area contributed by atoms with E-state index in [1.165, 1.54) is 16.7 Å². The van der Waals surface area contributed by atoms with Crippen LogP contribution in [0.25, 0.3) is 6.08 Å². The number of nitrogens with one attached hydrogen (secondary N) is 1. The first-order chi connectivity index (χ1) is 9.58. The van der Waals surface area contributed by atoms with Crippen LogP contribution in [0.4, 0.5) is 0 Å². The number of aliphatic imine (C=N–C) groups is 1. The predicted molar refractivity (Wildman–Crippen MR) is 79.9 cm³/mol. The maximum absolute atomic E-state index is 11.1. The summed E-state index contributed by atoms with van der Waals surface area (Å²) in [6.45, 7) is 0. The van der Waals surface area contributed by atoms with Gasteiger partial charge in [-0.2, -0.15) is 0 Å². The third-order valence-corrected chi connectivity index (χ3v) is 4.70. The van der Waals surface area contributed by atoms with Crippen molar-refractivity contribution >= 4 is 47.2 Å². The fourth-order valence-electron chi connectivity index (χ4n) is 2.07. The lowest BCUT2D eigenvalue weighted by Gasteiger charge is -2.06. The molecule has 0 bridgehead atoms. The average Bonchev–Trinajstić information content (AvgIpc) is 2.94. The second-order valence-electron chi connectivity index (χ2n) is 4.19. The number of carboxylic acids is 1. The number of carbonyl (C=O) groups is 2. The maximum Gasteiger partial charge on any atom is 0.394 e. The number of hydrogen-bond acceptors (Lipinski definition) is 5. The SMILES string of the molecule is CSc1ccc2c(c1)C=C1SC(NC(=O)C(=O)O)N=C12. The lowest BCUT2D eigenvalue weighted by Crippen LogP contribution is -2.35. The molecule has 0 saturated heterocycles. The smallest absolute Gasteiger partial charge is 0.394 e. The normalized spacial score (nSPS) is 18.9. The van der Waals surface area contributed by atoms with E-state index in [1.54, 1.807) is 11.8 Å². The molecule has 5 nitrogen and oxygen atoms in total. The van der Waals surface area contributed by atoms with Crippen molar-refractivity contribution in [3.8, 4) is 0 Å². The van der Waals surface area contributed by atoms with Crippen molar-refractivity contribution in [2.24, 2.45) is 4.99 Å². The average molecular weight is 306 g/mol. The Hall–Kier alpha value is -1.73. The number of carboxylic acid groups (broad SMARTS) is 1. The summed E-state index contributed by atoms with van der Waals surface area (Å²) in [4.78, 5) is 28.2. The van der Waals surface area contributed by atoms with E-state index in [-0.39, 0.29) is 0 Å². The summed E-state index contributed by atoms with van der Waals surface area (Å²) >= 11 is 3.03. The second kappa shape index (κ2) is 4.99. The molecule has 1 aromatic carbocycles. The van der Waals surface area contributed by atoms with Crippen LogP contribution in [-0.2, 0) is 9.59 Å². The third-order valence-electron chi connectivity index (χ3n) is 2.97. The molecule has 102 valence electrons. The number of carbonyl (C=O) groups excluding carboxylic acids is 1. The highest BCUT2D eigenvalue weighted by Gasteiger charge is 2.31. The van der Waals surface area contributed by atoms with Gasteiger partial charge in [-0.05, 0) is 30.0 Å². The number of allylic oxidation sites excluding steroid dienone is 1. The Labute approximate surface area is 123 Å². The molecule has 1 aromatic rings. The number of amides is 1. The summed E-state index contributed by atoms with van der Waals surface area (Å²) in [5, 5.41) is 10.9. The van der Waals surface area contributed by atoms with E-state index in [4.69, 9.17) is 5.11 Å². The Bertz CT molecular complexity index is 682. The lowest BCUT2D eigenvalue weighted by atomic mass is 10.1. The fraction of sp³-hybridized carbons (Fsp3) is 0.154. The molecule has 0 fully saturated rings. The number of rotatable bonds is 2. The molecular formula is C13H10N2O3S2. The van der Waals surface area contributed by atoms with Gasteiger partial charge in [-0.15, -0.1) is 11.8 Å². The minimum Gasteiger partial charge on any atom is -0.474 e. The fourth-order valence-corrected chi connectivity index (χ4v) is 3.55. The molecule has 20 heavy (non-hydrogen) atoms. The van der Waals surface area contributed by atoms with Gasteiger partial charge in [-0.3, -0.25) is 4.79 Å². The summed E-state index contributed by atoms with van der Waals surface area (Å²) in [5.41, 5.74) is 2.40. The summed E-state index contributed by atoms with van der Waals surface area (Å²) in [6.07, 6.45) is 4.04. The van der Waals surface area contributed by atoms with Gasteiger partial charge in [0.15, 0.2) is 5.50 Å². The van der Waals surface area contributed by atoms with Gasteiger partial charge in [-0.1, -0.05) is 17.8 Å². The van der Waals surface area contributed by atoms with E-state index in [0.717, 1.165) is 21.7 Å². The Kier molecular flexibility index (Phi) is 3.31. The van der Waals surface area contributed by atoms with Crippen molar-refractivity contribution in [3.05, 3.63) is 34.2 Å². The van der Waals surface area contributed by atoms with Crippen molar-refractivity contribution in [1.82, 2.24) is 5.32 Å². The minimum atomic E-state index is -1.50. The molecule has 7 heteroatoms. The van der Waals surface area contributed by atoms with Gasteiger partial charge < -0.3 is 10.4 Å². The van der Waals surface area contributed by atoms with E-state index < -0.39 is 17.4 Å². The summed E-state index contributed by atoms with van der Waals surface area (Å²) < 4.78 is 0. The van der Waals surface area contributed by atoms with Crippen LogP contribution in [0.5, 0.6) is 0 Å². The highest BCUT2D eigenvalue weighted by atomic mass is 32.2. The van der Waals surface area contributed by atoms with Gasteiger partial charge in [0, 0.05) is 15.4 Å². The molecule has 1 amide bonds. The number of nitrogens with zero attached hydrogens (tertiary/aromatic N) is 1. The zero-order valence-corrected chi connectivity index (χ0v) is 12.0. The third kappa shape index (κ3) is 2.23. The molecule has 2 aliphatic rings. The summed E-state index contributed by atoms with van der Waals surface area (Å²) in [7, 11) is 0. The Morgan fingerprint density at radius 3 is 2.95 bits per heavy atom. The Morgan fingerprint density at radius 2 is 2.25 bits per heavy atom. The zero-order valence-electron chi connectivity index (χ0n) is 10.4. The van der Waals surface area contributed by atoms with Gasteiger partial charge in [0.2, 0.25) is 0 Å². The molecule has 1 aliphatic heterocycles. The topological polar surface area (TPSA) is 78.8 Å². The monoisotopic (exact) mass is 306 g/mol. The van der Waals surface area contributed by atoms with Crippen LogP contribution in [0.2, 0.25) is 0 Å². The van der Waals surface area contributed by atoms with E-state index in [9.17, 15) is 9.59 Å². The van der Waals surface area contributed by atoms with E-state index >= 15 is 0 Å². The predicted octanol–water partition coefficient (Wildman–Crippen LogP) is 1.78. The first kappa shape index (κ1) is 13.3.